The van der Waals surface area contributed by atoms with E-state index in [-0.39, 0.29) is 6.03 Å². The Kier molecular flexibility index (Phi) is 5.44. The van der Waals surface area contributed by atoms with Gasteiger partial charge < -0.3 is 10.2 Å². The molecule has 1 atom stereocenters. The molecule has 132 valence electrons. The van der Waals surface area contributed by atoms with E-state index in [2.05, 4.69) is 48.3 Å². The first-order chi connectivity index (χ1) is 11.5. The first-order valence-corrected chi connectivity index (χ1v) is 9.35. The van der Waals surface area contributed by atoms with Crippen molar-refractivity contribution in [2.24, 2.45) is 5.92 Å². The largest absolute Gasteiger partial charge is 0.335 e. The molecule has 2 amide bonds. The van der Waals surface area contributed by atoms with E-state index in [4.69, 9.17) is 0 Å². The Balaban J connectivity index is 1.43. The second kappa shape index (κ2) is 7.56. The standard InChI is InChI=1S/C20H31N3O/c1-15-6-4-5-7-18(15)14-23-12-10-19(11-13-23)21-20(24)22(3)16(2)17-8-9-17/h4-7,16-17,19H,8-14H2,1-3H3,(H,21,24). The van der Waals surface area contributed by atoms with Crippen molar-refractivity contribution in [2.75, 3.05) is 20.1 Å². The molecule has 1 saturated heterocycles. The van der Waals surface area contributed by atoms with Crippen LogP contribution in [0.1, 0.15) is 43.7 Å². The number of benzene rings is 1. The molecule has 1 unspecified atom stereocenters. The molecule has 1 saturated carbocycles. The Labute approximate surface area is 146 Å². The number of rotatable bonds is 5. The summed E-state index contributed by atoms with van der Waals surface area (Å²) in [5.74, 6) is 0.719. The van der Waals surface area contributed by atoms with Crippen molar-refractivity contribution < 1.29 is 4.79 Å². The number of hydrogen-bond donors (Lipinski definition) is 1. The topological polar surface area (TPSA) is 35.6 Å². The number of piperidine rings is 1. The number of urea groups is 1. The molecular weight excluding hydrogens is 298 g/mol. The molecule has 0 radical (unpaired) electrons. The Morgan fingerprint density at radius 2 is 1.92 bits per heavy atom. The molecule has 1 heterocycles. The van der Waals surface area contributed by atoms with E-state index in [0.29, 0.717) is 12.1 Å². The Morgan fingerprint density at radius 1 is 1.25 bits per heavy atom. The van der Waals surface area contributed by atoms with Gasteiger partial charge in [0.25, 0.3) is 0 Å². The molecule has 1 aliphatic heterocycles. The number of carbonyl (C=O) groups is 1. The second-order valence-electron chi connectivity index (χ2n) is 7.62. The molecule has 0 aromatic heterocycles. The van der Waals surface area contributed by atoms with Crippen LogP contribution in [0, 0.1) is 12.8 Å². The summed E-state index contributed by atoms with van der Waals surface area (Å²) in [6.45, 7) is 7.48. The predicted octanol–water partition coefficient (Wildman–Crippen LogP) is 3.40. The van der Waals surface area contributed by atoms with Gasteiger partial charge in [-0.3, -0.25) is 4.90 Å². The van der Waals surface area contributed by atoms with E-state index in [1.807, 2.05) is 11.9 Å². The summed E-state index contributed by atoms with van der Waals surface area (Å²) < 4.78 is 0. The third-order valence-electron chi connectivity index (χ3n) is 5.81. The zero-order chi connectivity index (χ0) is 17.1. The summed E-state index contributed by atoms with van der Waals surface area (Å²) in [5, 5.41) is 3.24. The lowest BCUT2D eigenvalue weighted by molar-refractivity contribution is 0.163. The maximum absolute atomic E-state index is 12.4. The van der Waals surface area contributed by atoms with Gasteiger partial charge in [-0.2, -0.15) is 0 Å². The van der Waals surface area contributed by atoms with E-state index < -0.39 is 0 Å². The Hall–Kier alpha value is -1.55. The summed E-state index contributed by atoms with van der Waals surface area (Å²) in [6.07, 6.45) is 4.64. The first-order valence-electron chi connectivity index (χ1n) is 9.35. The van der Waals surface area contributed by atoms with E-state index in [1.54, 1.807) is 0 Å². The quantitative estimate of drug-likeness (QED) is 0.899. The molecular formula is C20H31N3O. The lowest BCUT2D eigenvalue weighted by atomic mass is 10.0. The van der Waals surface area contributed by atoms with Gasteiger partial charge in [-0.05, 0) is 56.6 Å². The molecule has 1 aliphatic carbocycles. The van der Waals surface area contributed by atoms with E-state index in [1.165, 1.54) is 24.0 Å². The monoisotopic (exact) mass is 329 g/mol. The molecule has 1 aromatic rings. The Bertz CT molecular complexity index is 562. The van der Waals surface area contributed by atoms with E-state index >= 15 is 0 Å². The van der Waals surface area contributed by atoms with Crippen LogP contribution in [0.15, 0.2) is 24.3 Å². The molecule has 4 heteroatoms. The highest BCUT2D eigenvalue weighted by molar-refractivity contribution is 5.74. The van der Waals surface area contributed by atoms with Crippen molar-refractivity contribution in [3.05, 3.63) is 35.4 Å². The zero-order valence-electron chi connectivity index (χ0n) is 15.3. The highest BCUT2D eigenvalue weighted by Gasteiger charge is 2.33. The minimum atomic E-state index is 0.103. The molecule has 0 bridgehead atoms. The number of nitrogens with zero attached hydrogens (tertiary/aromatic N) is 2. The Morgan fingerprint density at radius 3 is 2.54 bits per heavy atom. The fourth-order valence-corrected chi connectivity index (χ4v) is 3.62. The summed E-state index contributed by atoms with van der Waals surface area (Å²) in [5.41, 5.74) is 2.78. The number of carbonyl (C=O) groups excluding carboxylic acids is 1. The maximum Gasteiger partial charge on any atom is 0.317 e. The van der Waals surface area contributed by atoms with Crippen molar-refractivity contribution in [2.45, 2.75) is 58.2 Å². The lowest BCUT2D eigenvalue weighted by Gasteiger charge is -2.34. The van der Waals surface area contributed by atoms with Gasteiger partial charge in [-0.15, -0.1) is 0 Å². The molecule has 1 aromatic carbocycles. The van der Waals surface area contributed by atoms with Crippen molar-refractivity contribution in [1.29, 1.82) is 0 Å². The van der Waals surface area contributed by atoms with Crippen LogP contribution < -0.4 is 5.32 Å². The van der Waals surface area contributed by atoms with Crippen LogP contribution in [0.2, 0.25) is 0 Å². The van der Waals surface area contributed by atoms with E-state index in [9.17, 15) is 4.79 Å². The van der Waals surface area contributed by atoms with Gasteiger partial charge in [0.2, 0.25) is 0 Å². The van der Waals surface area contributed by atoms with Crippen LogP contribution in [-0.4, -0.2) is 48.1 Å². The number of likely N-dealkylation sites (tertiary alicyclic amines) is 1. The van der Waals surface area contributed by atoms with Gasteiger partial charge in [-0.25, -0.2) is 4.79 Å². The van der Waals surface area contributed by atoms with Crippen LogP contribution in [-0.2, 0) is 6.54 Å². The zero-order valence-corrected chi connectivity index (χ0v) is 15.3. The van der Waals surface area contributed by atoms with Gasteiger partial charge in [0.1, 0.15) is 0 Å². The van der Waals surface area contributed by atoms with Crippen LogP contribution in [0.4, 0.5) is 4.79 Å². The molecule has 2 aliphatic rings. The van der Waals surface area contributed by atoms with Gasteiger partial charge in [0.05, 0.1) is 0 Å². The highest BCUT2D eigenvalue weighted by atomic mass is 16.2. The van der Waals surface area contributed by atoms with Crippen LogP contribution in [0.3, 0.4) is 0 Å². The second-order valence-corrected chi connectivity index (χ2v) is 7.62. The smallest absolute Gasteiger partial charge is 0.317 e. The van der Waals surface area contributed by atoms with Crippen LogP contribution in [0.5, 0.6) is 0 Å². The van der Waals surface area contributed by atoms with Crippen LogP contribution in [0.25, 0.3) is 0 Å². The minimum Gasteiger partial charge on any atom is -0.335 e. The summed E-state index contributed by atoms with van der Waals surface area (Å²) in [6, 6.07) is 9.40. The average Bonchev–Trinajstić information content (AvgIpc) is 3.42. The number of nitrogens with one attached hydrogen (secondary N) is 1. The van der Waals surface area contributed by atoms with Crippen LogP contribution >= 0.6 is 0 Å². The highest BCUT2D eigenvalue weighted by Crippen LogP contribution is 2.34. The fourth-order valence-electron chi connectivity index (χ4n) is 3.62. The first kappa shape index (κ1) is 17.3. The average molecular weight is 329 g/mol. The summed E-state index contributed by atoms with van der Waals surface area (Å²) >= 11 is 0. The third-order valence-corrected chi connectivity index (χ3v) is 5.81. The third kappa shape index (κ3) is 4.29. The van der Waals surface area contributed by atoms with Crippen molar-refractivity contribution in [3.8, 4) is 0 Å². The normalized spacial score (nSPS) is 20.6. The van der Waals surface area contributed by atoms with E-state index in [0.717, 1.165) is 38.4 Å². The van der Waals surface area contributed by atoms with Gasteiger partial charge in [-0.1, -0.05) is 24.3 Å². The molecule has 24 heavy (non-hydrogen) atoms. The number of aryl methyl sites for hydroxylation is 1. The fraction of sp³-hybridized carbons (Fsp3) is 0.650. The van der Waals surface area contributed by atoms with Gasteiger partial charge in [0.15, 0.2) is 0 Å². The summed E-state index contributed by atoms with van der Waals surface area (Å²) in [7, 11) is 1.94. The number of hydrogen-bond acceptors (Lipinski definition) is 2. The van der Waals surface area contributed by atoms with Gasteiger partial charge >= 0.3 is 6.03 Å². The van der Waals surface area contributed by atoms with Gasteiger partial charge in [0, 0.05) is 38.8 Å². The molecule has 4 nitrogen and oxygen atoms in total. The lowest BCUT2D eigenvalue weighted by Crippen LogP contribution is -2.50. The molecule has 1 N–H and O–H groups in total. The summed E-state index contributed by atoms with van der Waals surface area (Å²) in [4.78, 5) is 16.8. The molecule has 3 rings (SSSR count). The minimum absolute atomic E-state index is 0.103. The van der Waals surface area contributed by atoms with Crippen molar-refractivity contribution >= 4 is 6.03 Å². The number of amides is 2. The molecule has 0 spiro atoms. The predicted molar refractivity (Wildman–Crippen MR) is 98.0 cm³/mol. The SMILES string of the molecule is Cc1ccccc1CN1CCC(NC(=O)N(C)C(C)C2CC2)CC1. The molecule has 2 fully saturated rings. The van der Waals surface area contributed by atoms with Crippen molar-refractivity contribution in [1.82, 2.24) is 15.1 Å². The van der Waals surface area contributed by atoms with Crippen molar-refractivity contribution in [3.63, 3.8) is 0 Å². The maximum atomic E-state index is 12.4.